The van der Waals surface area contributed by atoms with Gasteiger partial charge in [0.1, 0.15) is 13.8 Å². The van der Waals surface area contributed by atoms with Gasteiger partial charge in [0.2, 0.25) is 0 Å². The molecule has 0 aromatic heterocycles. The van der Waals surface area contributed by atoms with Gasteiger partial charge in [-0.05, 0) is 18.5 Å². The standard InChI is InChI=1S/C7H14ClN2/c1-5-10(4)6-7(8)9(2)3/h6H,2,5H2,1,3-4H3/q+1. The highest BCUT2D eigenvalue weighted by atomic mass is 35.5. The zero-order valence-electron chi connectivity index (χ0n) is 6.76. The van der Waals surface area contributed by atoms with Gasteiger partial charge < -0.3 is 4.90 Å². The molecular weight excluding hydrogens is 148 g/mol. The van der Waals surface area contributed by atoms with Gasteiger partial charge in [0.05, 0.1) is 6.20 Å². The van der Waals surface area contributed by atoms with Gasteiger partial charge in [-0.25, -0.2) is 0 Å². The van der Waals surface area contributed by atoms with Crippen LogP contribution < -0.4 is 0 Å². The molecule has 0 heterocycles. The highest BCUT2D eigenvalue weighted by Crippen LogP contribution is 2.00. The predicted molar refractivity (Wildman–Crippen MR) is 45.5 cm³/mol. The summed E-state index contributed by atoms with van der Waals surface area (Å²) in [5.74, 6) is 0. The SMILES string of the molecule is C=[N+](C)C(Cl)=CN(C)CC. The van der Waals surface area contributed by atoms with E-state index in [9.17, 15) is 0 Å². The average molecular weight is 162 g/mol. The van der Waals surface area contributed by atoms with E-state index in [4.69, 9.17) is 11.6 Å². The van der Waals surface area contributed by atoms with Crippen molar-refractivity contribution >= 4 is 18.3 Å². The Balaban J connectivity index is 4.02. The number of nitrogens with zero attached hydrogens (tertiary/aromatic N) is 2. The molecule has 3 heteroatoms. The molecule has 0 radical (unpaired) electrons. The summed E-state index contributed by atoms with van der Waals surface area (Å²) in [7, 11) is 3.77. The van der Waals surface area contributed by atoms with Crippen molar-refractivity contribution in [2.24, 2.45) is 0 Å². The third-order valence-electron chi connectivity index (χ3n) is 1.19. The van der Waals surface area contributed by atoms with E-state index in [0.717, 1.165) is 6.54 Å². The number of hydrogen-bond acceptors (Lipinski definition) is 1. The molecular formula is C7H14ClN2+. The molecule has 0 spiro atoms. The quantitative estimate of drug-likeness (QED) is 0.344. The summed E-state index contributed by atoms with van der Waals surface area (Å²) in [6, 6.07) is 0. The van der Waals surface area contributed by atoms with Gasteiger partial charge in [-0.2, -0.15) is 4.58 Å². The normalized spacial score (nSPS) is 11.4. The molecule has 2 nitrogen and oxygen atoms in total. The Hall–Kier alpha value is -0.500. The van der Waals surface area contributed by atoms with E-state index in [-0.39, 0.29) is 0 Å². The molecule has 0 aliphatic rings. The van der Waals surface area contributed by atoms with Gasteiger partial charge >= 0.3 is 0 Å². The van der Waals surface area contributed by atoms with E-state index in [0.29, 0.717) is 5.16 Å². The maximum atomic E-state index is 5.77. The molecule has 0 aliphatic carbocycles. The molecule has 0 unspecified atom stereocenters. The summed E-state index contributed by atoms with van der Waals surface area (Å²) in [6.45, 7) is 6.64. The van der Waals surface area contributed by atoms with Crippen molar-refractivity contribution in [1.29, 1.82) is 0 Å². The topological polar surface area (TPSA) is 6.25 Å². The summed E-state index contributed by atoms with van der Waals surface area (Å²) in [5, 5.41) is 0.643. The Kier molecular flexibility index (Phi) is 4.12. The van der Waals surface area contributed by atoms with Crippen molar-refractivity contribution in [1.82, 2.24) is 4.90 Å². The molecule has 0 saturated heterocycles. The maximum Gasteiger partial charge on any atom is 0.290 e. The third-order valence-corrected chi connectivity index (χ3v) is 1.58. The molecule has 0 fully saturated rings. The van der Waals surface area contributed by atoms with Crippen molar-refractivity contribution < 1.29 is 4.58 Å². The van der Waals surface area contributed by atoms with E-state index in [2.05, 4.69) is 13.6 Å². The van der Waals surface area contributed by atoms with Crippen LogP contribution in [0, 0.1) is 0 Å². The Morgan fingerprint density at radius 3 is 2.60 bits per heavy atom. The highest BCUT2D eigenvalue weighted by molar-refractivity contribution is 6.27. The molecule has 0 rings (SSSR count). The van der Waals surface area contributed by atoms with Gasteiger partial charge in [0.25, 0.3) is 5.16 Å². The van der Waals surface area contributed by atoms with Crippen LogP contribution >= 0.6 is 11.6 Å². The fourth-order valence-corrected chi connectivity index (χ4v) is 0.538. The van der Waals surface area contributed by atoms with Crippen LogP contribution in [-0.4, -0.2) is 36.8 Å². The lowest BCUT2D eigenvalue weighted by atomic mass is 10.6. The van der Waals surface area contributed by atoms with Crippen molar-refractivity contribution in [3.63, 3.8) is 0 Å². The Morgan fingerprint density at radius 1 is 1.80 bits per heavy atom. The molecule has 10 heavy (non-hydrogen) atoms. The molecule has 0 aliphatic heterocycles. The Bertz CT molecular complexity index is 152. The number of hydrogen-bond donors (Lipinski definition) is 0. The predicted octanol–water partition coefficient (Wildman–Crippen LogP) is 1.32. The minimum absolute atomic E-state index is 0.643. The molecule has 0 aromatic carbocycles. The Labute approximate surface area is 67.4 Å². The Morgan fingerprint density at radius 2 is 2.30 bits per heavy atom. The van der Waals surface area contributed by atoms with Crippen LogP contribution in [0.5, 0.6) is 0 Å². The van der Waals surface area contributed by atoms with Gasteiger partial charge in [-0.3, -0.25) is 0 Å². The van der Waals surface area contributed by atoms with Crippen LogP contribution in [0.4, 0.5) is 0 Å². The molecule has 0 N–H and O–H groups in total. The fraction of sp³-hybridized carbons (Fsp3) is 0.571. The molecule has 0 saturated carbocycles. The molecule has 0 aromatic rings. The van der Waals surface area contributed by atoms with Crippen molar-refractivity contribution in [2.75, 3.05) is 20.6 Å². The van der Waals surface area contributed by atoms with E-state index in [1.807, 2.05) is 25.2 Å². The number of halogens is 1. The fourth-order valence-electron chi connectivity index (χ4n) is 0.372. The minimum Gasteiger partial charge on any atom is -0.375 e. The highest BCUT2D eigenvalue weighted by Gasteiger charge is 1.99. The summed E-state index contributed by atoms with van der Waals surface area (Å²) >= 11 is 5.77. The summed E-state index contributed by atoms with van der Waals surface area (Å²) in [5.41, 5.74) is 0. The lowest BCUT2D eigenvalue weighted by molar-refractivity contribution is -0.422. The van der Waals surface area contributed by atoms with Crippen LogP contribution in [0.15, 0.2) is 11.4 Å². The smallest absolute Gasteiger partial charge is 0.290 e. The maximum absolute atomic E-state index is 5.77. The van der Waals surface area contributed by atoms with Gasteiger partial charge in [-0.15, -0.1) is 0 Å². The lowest BCUT2D eigenvalue weighted by Gasteiger charge is -2.07. The molecule has 0 amide bonds. The van der Waals surface area contributed by atoms with Crippen LogP contribution in [0.25, 0.3) is 0 Å². The van der Waals surface area contributed by atoms with E-state index in [1.165, 1.54) is 0 Å². The van der Waals surface area contributed by atoms with E-state index < -0.39 is 0 Å². The monoisotopic (exact) mass is 161 g/mol. The first-order valence-electron chi connectivity index (χ1n) is 3.19. The lowest BCUT2D eigenvalue weighted by Crippen LogP contribution is -2.11. The summed E-state index contributed by atoms with van der Waals surface area (Å²) < 4.78 is 1.62. The van der Waals surface area contributed by atoms with E-state index >= 15 is 0 Å². The zero-order chi connectivity index (χ0) is 8.15. The van der Waals surface area contributed by atoms with Crippen LogP contribution in [0.3, 0.4) is 0 Å². The summed E-state index contributed by atoms with van der Waals surface area (Å²) in [4.78, 5) is 1.99. The van der Waals surface area contributed by atoms with Crippen LogP contribution in [0.1, 0.15) is 6.92 Å². The van der Waals surface area contributed by atoms with Crippen LogP contribution in [0.2, 0.25) is 0 Å². The first-order valence-corrected chi connectivity index (χ1v) is 3.57. The first kappa shape index (κ1) is 9.50. The number of rotatable bonds is 3. The second kappa shape index (κ2) is 4.34. The second-order valence-electron chi connectivity index (χ2n) is 2.22. The molecule has 58 valence electrons. The third kappa shape index (κ3) is 3.51. The summed E-state index contributed by atoms with van der Waals surface area (Å²) in [6.07, 6.45) is 1.84. The average Bonchev–Trinajstić information content (AvgIpc) is 1.87. The van der Waals surface area contributed by atoms with Crippen molar-refractivity contribution in [2.45, 2.75) is 6.92 Å². The second-order valence-corrected chi connectivity index (χ2v) is 2.61. The van der Waals surface area contributed by atoms with Gasteiger partial charge in [0, 0.05) is 13.6 Å². The first-order chi connectivity index (χ1) is 4.57. The minimum atomic E-state index is 0.643. The zero-order valence-corrected chi connectivity index (χ0v) is 7.52. The van der Waals surface area contributed by atoms with Crippen molar-refractivity contribution in [3.8, 4) is 0 Å². The van der Waals surface area contributed by atoms with Crippen molar-refractivity contribution in [3.05, 3.63) is 11.4 Å². The largest absolute Gasteiger partial charge is 0.375 e. The molecule has 0 bridgehead atoms. The van der Waals surface area contributed by atoms with E-state index in [1.54, 1.807) is 4.58 Å². The van der Waals surface area contributed by atoms with Gasteiger partial charge in [-0.1, -0.05) is 0 Å². The molecule has 0 atom stereocenters. The van der Waals surface area contributed by atoms with Gasteiger partial charge in [0.15, 0.2) is 0 Å². The van der Waals surface area contributed by atoms with Crippen LogP contribution in [-0.2, 0) is 0 Å².